The minimum atomic E-state index is -1.26. The Morgan fingerprint density at radius 3 is 2.84 bits per heavy atom. The molecule has 1 aromatic heterocycles. The van der Waals surface area contributed by atoms with Crippen LogP contribution in [0.4, 0.5) is 0 Å². The van der Waals surface area contributed by atoms with E-state index in [4.69, 9.17) is 5.11 Å². The van der Waals surface area contributed by atoms with Crippen molar-refractivity contribution < 1.29 is 9.90 Å². The molecule has 2 N–H and O–H groups in total. The number of rotatable bonds is 2. The van der Waals surface area contributed by atoms with Gasteiger partial charge in [-0.3, -0.25) is 9.69 Å². The number of aromatic carboxylic acids is 1. The van der Waals surface area contributed by atoms with Gasteiger partial charge < -0.3 is 15.0 Å². The van der Waals surface area contributed by atoms with Crippen molar-refractivity contribution in [2.75, 3.05) is 33.7 Å². The second kappa shape index (κ2) is 5.50. The zero-order valence-electron chi connectivity index (χ0n) is 11.1. The first-order valence-corrected chi connectivity index (χ1v) is 6.20. The Balaban J connectivity index is 2.32. The summed E-state index contributed by atoms with van der Waals surface area (Å²) in [5.41, 5.74) is -0.925. The standard InChI is InChI=1S/C12H18N4O3/c1-15-4-3-5-16(2)9(7-15)10-13-6-8(12(18)19)11(17)14-10/h6,9H,3-5,7H2,1-2H3,(H,18,19)(H,13,14,17). The molecule has 2 heterocycles. The Kier molecular flexibility index (Phi) is 3.96. The van der Waals surface area contributed by atoms with Crippen LogP contribution in [0.1, 0.15) is 28.6 Å². The van der Waals surface area contributed by atoms with E-state index in [9.17, 15) is 9.59 Å². The summed E-state index contributed by atoms with van der Waals surface area (Å²) in [7, 11) is 4.00. The number of aromatic amines is 1. The maximum atomic E-state index is 11.7. The van der Waals surface area contributed by atoms with Gasteiger partial charge in [0.25, 0.3) is 5.56 Å². The molecule has 2 rings (SSSR count). The number of aromatic nitrogens is 2. The topological polar surface area (TPSA) is 89.5 Å². The summed E-state index contributed by atoms with van der Waals surface area (Å²) >= 11 is 0. The van der Waals surface area contributed by atoms with Crippen molar-refractivity contribution in [3.05, 3.63) is 27.9 Å². The van der Waals surface area contributed by atoms with Crippen LogP contribution in [0.15, 0.2) is 11.0 Å². The molecule has 0 spiro atoms. The summed E-state index contributed by atoms with van der Waals surface area (Å²) in [6.07, 6.45) is 2.19. The van der Waals surface area contributed by atoms with Crippen molar-refractivity contribution in [2.45, 2.75) is 12.5 Å². The molecule has 1 aliphatic rings. The molecule has 0 radical (unpaired) electrons. The highest BCUT2D eigenvalue weighted by Gasteiger charge is 2.24. The molecule has 0 amide bonds. The fourth-order valence-electron chi connectivity index (χ4n) is 2.30. The first kappa shape index (κ1) is 13.7. The highest BCUT2D eigenvalue weighted by molar-refractivity contribution is 5.86. The molecule has 19 heavy (non-hydrogen) atoms. The quantitative estimate of drug-likeness (QED) is 0.769. The molecule has 7 heteroatoms. The predicted molar refractivity (Wildman–Crippen MR) is 69.3 cm³/mol. The molecule has 1 unspecified atom stereocenters. The van der Waals surface area contributed by atoms with E-state index in [1.165, 1.54) is 0 Å². The summed E-state index contributed by atoms with van der Waals surface area (Å²) in [4.78, 5) is 33.5. The maximum Gasteiger partial charge on any atom is 0.342 e. The number of nitrogens with zero attached hydrogens (tertiary/aromatic N) is 3. The highest BCUT2D eigenvalue weighted by atomic mass is 16.4. The van der Waals surface area contributed by atoms with Crippen LogP contribution in [-0.2, 0) is 0 Å². The number of carboxylic acids is 1. The molecular weight excluding hydrogens is 248 g/mol. The zero-order valence-corrected chi connectivity index (χ0v) is 11.1. The number of carbonyl (C=O) groups is 1. The van der Waals surface area contributed by atoms with Crippen LogP contribution in [0.5, 0.6) is 0 Å². The third-order valence-electron chi connectivity index (χ3n) is 3.43. The molecule has 1 aliphatic heterocycles. The van der Waals surface area contributed by atoms with Gasteiger partial charge in [-0.25, -0.2) is 9.78 Å². The van der Waals surface area contributed by atoms with Gasteiger partial charge in [0.2, 0.25) is 0 Å². The van der Waals surface area contributed by atoms with Gasteiger partial charge in [0.05, 0.1) is 6.04 Å². The second-order valence-electron chi connectivity index (χ2n) is 4.93. The molecule has 1 aromatic rings. The van der Waals surface area contributed by atoms with E-state index in [-0.39, 0.29) is 11.6 Å². The van der Waals surface area contributed by atoms with E-state index in [1.807, 2.05) is 14.1 Å². The second-order valence-corrected chi connectivity index (χ2v) is 4.93. The smallest absolute Gasteiger partial charge is 0.342 e. The monoisotopic (exact) mass is 266 g/mol. The fourth-order valence-corrected chi connectivity index (χ4v) is 2.30. The summed E-state index contributed by atoms with van der Waals surface area (Å²) in [5, 5.41) is 8.83. The number of likely N-dealkylation sites (N-methyl/N-ethyl adjacent to an activating group) is 2. The van der Waals surface area contributed by atoms with Crippen molar-refractivity contribution in [2.24, 2.45) is 0 Å². The number of nitrogens with one attached hydrogen (secondary N) is 1. The summed E-state index contributed by atoms with van der Waals surface area (Å²) < 4.78 is 0. The number of hydrogen-bond donors (Lipinski definition) is 2. The summed E-state index contributed by atoms with van der Waals surface area (Å²) in [6.45, 7) is 2.67. The molecule has 1 saturated heterocycles. The largest absolute Gasteiger partial charge is 0.477 e. The Labute approximate surface area is 110 Å². The van der Waals surface area contributed by atoms with Gasteiger partial charge >= 0.3 is 5.97 Å². The number of H-pyrrole nitrogens is 1. The SMILES string of the molecule is CN1CCCN(C)C(c2ncc(C(=O)O)c(=O)[nH]2)C1. The first-order chi connectivity index (χ1) is 8.99. The van der Waals surface area contributed by atoms with Crippen molar-refractivity contribution in [1.29, 1.82) is 0 Å². The number of hydrogen-bond acceptors (Lipinski definition) is 5. The van der Waals surface area contributed by atoms with Crippen LogP contribution in [-0.4, -0.2) is 64.6 Å². The zero-order chi connectivity index (χ0) is 14.0. The van der Waals surface area contributed by atoms with E-state index in [1.54, 1.807) is 0 Å². The van der Waals surface area contributed by atoms with Crippen LogP contribution in [0, 0.1) is 0 Å². The Bertz CT molecular complexity index is 528. The normalized spacial score (nSPS) is 22.1. The Morgan fingerprint density at radius 1 is 1.47 bits per heavy atom. The van der Waals surface area contributed by atoms with Crippen LogP contribution < -0.4 is 5.56 Å². The highest BCUT2D eigenvalue weighted by Crippen LogP contribution is 2.19. The van der Waals surface area contributed by atoms with Crippen LogP contribution >= 0.6 is 0 Å². The Hall–Kier alpha value is -1.73. The molecule has 0 saturated carbocycles. The molecule has 104 valence electrons. The van der Waals surface area contributed by atoms with Crippen molar-refractivity contribution >= 4 is 5.97 Å². The van der Waals surface area contributed by atoms with Gasteiger partial charge in [-0.2, -0.15) is 0 Å². The van der Waals surface area contributed by atoms with Crippen molar-refractivity contribution in [3.8, 4) is 0 Å². The molecule has 1 fully saturated rings. The molecule has 0 bridgehead atoms. The van der Waals surface area contributed by atoms with E-state index < -0.39 is 11.5 Å². The van der Waals surface area contributed by atoms with Gasteiger partial charge in [-0.15, -0.1) is 0 Å². The number of carboxylic acid groups (broad SMARTS) is 1. The van der Waals surface area contributed by atoms with Crippen LogP contribution in [0.3, 0.4) is 0 Å². The third kappa shape index (κ3) is 2.99. The molecule has 0 aliphatic carbocycles. The lowest BCUT2D eigenvalue weighted by Crippen LogP contribution is -2.34. The van der Waals surface area contributed by atoms with Gasteiger partial charge in [-0.05, 0) is 33.6 Å². The van der Waals surface area contributed by atoms with Crippen LogP contribution in [0.2, 0.25) is 0 Å². The lowest BCUT2D eigenvalue weighted by molar-refractivity contribution is 0.0694. The minimum absolute atomic E-state index is 0.0250. The predicted octanol–water partition coefficient (Wildman–Crippen LogP) is -0.223. The maximum absolute atomic E-state index is 11.7. The fraction of sp³-hybridized carbons (Fsp3) is 0.583. The van der Waals surface area contributed by atoms with Gasteiger partial charge in [-0.1, -0.05) is 0 Å². The average molecular weight is 266 g/mol. The van der Waals surface area contributed by atoms with Crippen molar-refractivity contribution in [3.63, 3.8) is 0 Å². The van der Waals surface area contributed by atoms with Crippen molar-refractivity contribution in [1.82, 2.24) is 19.8 Å². The lowest BCUT2D eigenvalue weighted by Gasteiger charge is -2.26. The molecular formula is C12H18N4O3. The van der Waals surface area contributed by atoms with E-state index in [0.717, 1.165) is 32.3 Å². The summed E-state index contributed by atoms with van der Waals surface area (Å²) in [6, 6.07) is -0.0250. The molecule has 0 aromatic carbocycles. The van der Waals surface area contributed by atoms with E-state index >= 15 is 0 Å². The third-order valence-corrected chi connectivity index (χ3v) is 3.43. The lowest BCUT2D eigenvalue weighted by atomic mass is 10.2. The molecule has 1 atom stereocenters. The first-order valence-electron chi connectivity index (χ1n) is 6.20. The van der Waals surface area contributed by atoms with Gasteiger partial charge in [0, 0.05) is 12.7 Å². The summed E-state index contributed by atoms with van der Waals surface area (Å²) in [5.74, 6) is -0.738. The average Bonchev–Trinajstić information content (AvgIpc) is 2.50. The minimum Gasteiger partial charge on any atom is -0.477 e. The molecule has 7 nitrogen and oxygen atoms in total. The Morgan fingerprint density at radius 2 is 2.21 bits per heavy atom. The van der Waals surface area contributed by atoms with E-state index in [2.05, 4.69) is 19.8 Å². The van der Waals surface area contributed by atoms with Gasteiger partial charge in [0.1, 0.15) is 11.4 Å². The van der Waals surface area contributed by atoms with E-state index in [0.29, 0.717) is 5.82 Å². The van der Waals surface area contributed by atoms with Crippen LogP contribution in [0.25, 0.3) is 0 Å². The van der Waals surface area contributed by atoms with Gasteiger partial charge in [0.15, 0.2) is 0 Å².